The highest BCUT2D eigenvalue weighted by atomic mass is 16.5. The number of carbonyl (C=O) groups is 2. The average molecular weight is 384 g/mol. The summed E-state index contributed by atoms with van der Waals surface area (Å²) in [6, 6.07) is 8.50. The van der Waals surface area contributed by atoms with E-state index in [9.17, 15) is 14.7 Å². The number of ether oxygens (including phenoxy) is 2. The van der Waals surface area contributed by atoms with Gasteiger partial charge in [-0.1, -0.05) is 19.4 Å². The maximum Gasteiger partial charge on any atom is 0.328 e. The fourth-order valence-corrected chi connectivity index (χ4v) is 2.87. The van der Waals surface area contributed by atoms with Crippen LogP contribution in [0.1, 0.15) is 47.3 Å². The molecule has 0 saturated heterocycles. The predicted octanol–water partition coefficient (Wildman–Crippen LogP) is 4.23. The molecule has 0 aromatic heterocycles. The van der Waals surface area contributed by atoms with Crippen molar-refractivity contribution in [1.29, 1.82) is 0 Å². The molecule has 0 heterocycles. The van der Waals surface area contributed by atoms with Gasteiger partial charge in [0.15, 0.2) is 5.78 Å². The first-order valence-electron chi connectivity index (χ1n) is 8.93. The van der Waals surface area contributed by atoms with E-state index in [2.05, 4.69) is 0 Å². The second-order valence-corrected chi connectivity index (χ2v) is 6.28. The van der Waals surface area contributed by atoms with Crippen molar-refractivity contribution < 1.29 is 29.3 Å². The van der Waals surface area contributed by atoms with Crippen LogP contribution in [0, 0.1) is 0 Å². The highest BCUT2D eigenvalue weighted by Crippen LogP contribution is 2.34. The van der Waals surface area contributed by atoms with E-state index in [0.29, 0.717) is 29.0 Å². The van der Waals surface area contributed by atoms with Crippen LogP contribution in [-0.4, -0.2) is 29.1 Å². The van der Waals surface area contributed by atoms with Crippen LogP contribution in [0.4, 0.5) is 0 Å². The Balaban J connectivity index is 2.32. The van der Waals surface area contributed by atoms with Crippen LogP contribution in [0.3, 0.4) is 0 Å². The Morgan fingerprint density at radius 2 is 1.86 bits per heavy atom. The quantitative estimate of drug-likeness (QED) is 0.496. The maximum absolute atomic E-state index is 11.7. The highest BCUT2D eigenvalue weighted by molar-refractivity contribution is 5.97. The molecule has 2 aromatic rings. The standard InChI is InChI=1S/C22H24O6/c1-4-5-18-20(10-8-17(14(2)23)22(18)26)28-13-16-12-15(7-11-21(24)25)6-9-19(16)27-3/h6-12,26H,4-5,13H2,1-3H3,(H,24,25)/b11-7-. The van der Waals surface area contributed by atoms with Crippen molar-refractivity contribution in [3.05, 3.63) is 58.7 Å². The topological polar surface area (TPSA) is 93.1 Å². The molecule has 0 saturated carbocycles. The highest BCUT2D eigenvalue weighted by Gasteiger charge is 2.16. The molecule has 0 fully saturated rings. The number of phenolic OH excluding ortho intramolecular Hbond substituents is 1. The van der Waals surface area contributed by atoms with Gasteiger partial charge < -0.3 is 19.7 Å². The lowest BCUT2D eigenvalue weighted by Gasteiger charge is -2.16. The van der Waals surface area contributed by atoms with Gasteiger partial charge in [-0.3, -0.25) is 4.79 Å². The van der Waals surface area contributed by atoms with Crippen molar-refractivity contribution in [2.75, 3.05) is 7.11 Å². The van der Waals surface area contributed by atoms with Crippen LogP contribution < -0.4 is 9.47 Å². The zero-order valence-corrected chi connectivity index (χ0v) is 16.2. The summed E-state index contributed by atoms with van der Waals surface area (Å²) in [5.74, 6) is -0.177. The number of ketones is 1. The van der Waals surface area contributed by atoms with Crippen molar-refractivity contribution in [1.82, 2.24) is 0 Å². The molecule has 2 aromatic carbocycles. The van der Waals surface area contributed by atoms with Gasteiger partial charge in [-0.25, -0.2) is 4.79 Å². The first-order valence-corrected chi connectivity index (χ1v) is 8.93. The Kier molecular flexibility index (Phi) is 7.21. The Labute approximate surface area is 164 Å². The maximum atomic E-state index is 11.7. The fraction of sp³-hybridized carbons (Fsp3) is 0.273. The Morgan fingerprint density at radius 1 is 1.14 bits per heavy atom. The van der Waals surface area contributed by atoms with Gasteiger partial charge in [0, 0.05) is 17.2 Å². The minimum absolute atomic E-state index is 0.0445. The van der Waals surface area contributed by atoms with Crippen LogP contribution in [0.5, 0.6) is 17.2 Å². The third-order valence-corrected chi connectivity index (χ3v) is 4.23. The van der Waals surface area contributed by atoms with E-state index in [-0.39, 0.29) is 23.7 Å². The molecule has 6 nitrogen and oxygen atoms in total. The molecule has 148 valence electrons. The van der Waals surface area contributed by atoms with Crippen molar-refractivity contribution in [2.45, 2.75) is 33.3 Å². The fourth-order valence-electron chi connectivity index (χ4n) is 2.87. The van der Waals surface area contributed by atoms with Gasteiger partial charge in [-0.15, -0.1) is 0 Å². The number of aliphatic carboxylic acids is 1. The molecule has 0 aliphatic heterocycles. The summed E-state index contributed by atoms with van der Waals surface area (Å²) in [7, 11) is 1.54. The summed E-state index contributed by atoms with van der Waals surface area (Å²) in [6.07, 6.45) is 3.90. The number of benzene rings is 2. The summed E-state index contributed by atoms with van der Waals surface area (Å²) < 4.78 is 11.3. The first-order chi connectivity index (χ1) is 13.4. The molecule has 0 bridgehead atoms. The number of Topliss-reactive ketones (excluding diaryl/α,β-unsaturated/α-hetero) is 1. The molecule has 2 N–H and O–H groups in total. The van der Waals surface area contributed by atoms with Gasteiger partial charge >= 0.3 is 5.97 Å². The van der Waals surface area contributed by atoms with Crippen LogP contribution >= 0.6 is 0 Å². The van der Waals surface area contributed by atoms with Crippen molar-refractivity contribution in [2.24, 2.45) is 0 Å². The Hall–Kier alpha value is -3.28. The molecule has 0 amide bonds. The molecule has 0 radical (unpaired) electrons. The number of carboxylic acids is 1. The van der Waals surface area contributed by atoms with E-state index < -0.39 is 5.97 Å². The number of aromatic hydroxyl groups is 1. The lowest BCUT2D eigenvalue weighted by molar-refractivity contribution is -0.131. The van der Waals surface area contributed by atoms with Gasteiger partial charge in [0.05, 0.1) is 12.7 Å². The number of carbonyl (C=O) groups excluding carboxylic acids is 1. The van der Waals surface area contributed by atoms with Crippen molar-refractivity contribution >= 4 is 17.8 Å². The zero-order valence-electron chi connectivity index (χ0n) is 16.2. The van der Waals surface area contributed by atoms with Gasteiger partial charge in [-0.2, -0.15) is 0 Å². The molecule has 0 unspecified atom stereocenters. The number of carboxylic acid groups (broad SMARTS) is 1. The second kappa shape index (κ2) is 9.60. The molecular formula is C22H24O6. The largest absolute Gasteiger partial charge is 0.507 e. The van der Waals surface area contributed by atoms with Crippen LogP contribution in [0.15, 0.2) is 36.4 Å². The minimum atomic E-state index is -1.03. The SMILES string of the molecule is CCCc1c(OCc2cc(/C=C\C(=O)O)ccc2OC)ccc(C(C)=O)c1O. The van der Waals surface area contributed by atoms with Crippen LogP contribution in [-0.2, 0) is 17.8 Å². The lowest BCUT2D eigenvalue weighted by Crippen LogP contribution is -2.04. The Morgan fingerprint density at radius 3 is 2.46 bits per heavy atom. The van der Waals surface area contributed by atoms with Crippen LogP contribution in [0.25, 0.3) is 6.08 Å². The smallest absolute Gasteiger partial charge is 0.328 e. The van der Waals surface area contributed by atoms with E-state index in [4.69, 9.17) is 14.6 Å². The number of rotatable bonds is 9. The van der Waals surface area contributed by atoms with E-state index in [1.54, 1.807) is 37.4 Å². The lowest BCUT2D eigenvalue weighted by atomic mass is 10.0. The molecule has 0 aliphatic carbocycles. The van der Waals surface area contributed by atoms with E-state index in [1.807, 2.05) is 6.92 Å². The second-order valence-electron chi connectivity index (χ2n) is 6.28. The molecule has 6 heteroatoms. The summed E-state index contributed by atoms with van der Waals surface area (Å²) in [4.78, 5) is 22.4. The molecule has 28 heavy (non-hydrogen) atoms. The van der Waals surface area contributed by atoms with Crippen LogP contribution in [0.2, 0.25) is 0 Å². The van der Waals surface area contributed by atoms with Gasteiger partial charge in [0.1, 0.15) is 23.9 Å². The number of hydrogen-bond acceptors (Lipinski definition) is 5. The number of hydrogen-bond donors (Lipinski definition) is 2. The summed E-state index contributed by atoms with van der Waals surface area (Å²) in [6.45, 7) is 3.55. The summed E-state index contributed by atoms with van der Waals surface area (Å²) >= 11 is 0. The average Bonchev–Trinajstić information content (AvgIpc) is 2.66. The van der Waals surface area contributed by atoms with Crippen molar-refractivity contribution in [3.8, 4) is 17.2 Å². The molecule has 2 rings (SSSR count). The number of methoxy groups -OCH3 is 1. The summed E-state index contributed by atoms with van der Waals surface area (Å²) in [5, 5.41) is 19.2. The van der Waals surface area contributed by atoms with Gasteiger partial charge in [0.25, 0.3) is 0 Å². The van der Waals surface area contributed by atoms with E-state index in [0.717, 1.165) is 18.1 Å². The minimum Gasteiger partial charge on any atom is -0.507 e. The first kappa shape index (κ1) is 21.0. The molecule has 0 aliphatic rings. The van der Waals surface area contributed by atoms with E-state index >= 15 is 0 Å². The summed E-state index contributed by atoms with van der Waals surface area (Å²) in [5.41, 5.74) is 2.29. The third-order valence-electron chi connectivity index (χ3n) is 4.23. The monoisotopic (exact) mass is 384 g/mol. The Bertz CT molecular complexity index is 898. The third kappa shape index (κ3) is 5.13. The molecular weight excluding hydrogens is 360 g/mol. The number of phenols is 1. The van der Waals surface area contributed by atoms with Crippen molar-refractivity contribution in [3.63, 3.8) is 0 Å². The normalized spacial score (nSPS) is 10.8. The van der Waals surface area contributed by atoms with Gasteiger partial charge in [0.2, 0.25) is 0 Å². The van der Waals surface area contributed by atoms with E-state index in [1.165, 1.54) is 13.0 Å². The van der Waals surface area contributed by atoms with Gasteiger partial charge in [-0.05, 0) is 49.2 Å². The zero-order chi connectivity index (χ0) is 20.7. The molecule has 0 spiro atoms. The molecule has 0 atom stereocenters. The predicted molar refractivity (Wildman–Crippen MR) is 106 cm³/mol.